The van der Waals surface area contributed by atoms with Gasteiger partial charge in [-0.05, 0) is 41.3 Å². The number of aryl methyl sites for hydroxylation is 1. The maximum Gasteiger partial charge on any atom is 0.223 e. The van der Waals surface area contributed by atoms with Gasteiger partial charge < -0.3 is 10.6 Å². The van der Waals surface area contributed by atoms with Gasteiger partial charge in [-0.3, -0.25) is 4.79 Å². The van der Waals surface area contributed by atoms with Crippen molar-refractivity contribution in [3.8, 4) is 0 Å². The molecular formula is C33H48N2O. The van der Waals surface area contributed by atoms with Crippen molar-refractivity contribution in [1.29, 1.82) is 0 Å². The Morgan fingerprint density at radius 2 is 1.28 bits per heavy atom. The Balaban J connectivity index is 0.000000783. The summed E-state index contributed by atoms with van der Waals surface area (Å²) in [6.07, 6.45) is 4.89. The minimum atomic E-state index is -0.0389. The summed E-state index contributed by atoms with van der Waals surface area (Å²) in [7, 11) is 0. The summed E-state index contributed by atoms with van der Waals surface area (Å²) >= 11 is 0. The molecule has 196 valence electrons. The number of amides is 1. The molecule has 0 bridgehead atoms. The average molecular weight is 489 g/mol. The van der Waals surface area contributed by atoms with Crippen molar-refractivity contribution in [3.63, 3.8) is 0 Å². The van der Waals surface area contributed by atoms with Gasteiger partial charge in [0.1, 0.15) is 0 Å². The molecule has 0 aromatic heterocycles. The fraction of sp³-hybridized carbons (Fsp3) is 0.364. The molecule has 0 aliphatic rings. The predicted molar refractivity (Wildman–Crippen MR) is 158 cm³/mol. The van der Waals surface area contributed by atoms with E-state index in [0.717, 1.165) is 18.5 Å². The topological polar surface area (TPSA) is 41.1 Å². The number of carbonyl (C=O) groups excluding carboxylic acids is 1. The van der Waals surface area contributed by atoms with Crippen LogP contribution in [0.1, 0.15) is 70.2 Å². The second kappa shape index (κ2) is 22.2. The van der Waals surface area contributed by atoms with E-state index in [2.05, 4.69) is 78.7 Å². The summed E-state index contributed by atoms with van der Waals surface area (Å²) in [5.41, 5.74) is 4.91. The van der Waals surface area contributed by atoms with E-state index >= 15 is 0 Å². The molecule has 0 radical (unpaired) electrons. The highest BCUT2D eigenvalue weighted by molar-refractivity contribution is 5.78. The molecule has 3 heteroatoms. The molecule has 3 nitrogen and oxygen atoms in total. The van der Waals surface area contributed by atoms with Crippen LogP contribution < -0.4 is 10.6 Å². The van der Waals surface area contributed by atoms with E-state index in [1.54, 1.807) is 6.20 Å². The molecule has 0 heterocycles. The first-order chi connectivity index (χ1) is 17.6. The molecule has 0 aliphatic heterocycles. The van der Waals surface area contributed by atoms with Crippen LogP contribution in [-0.2, 0) is 30.7 Å². The van der Waals surface area contributed by atoms with Crippen LogP contribution >= 0.6 is 0 Å². The molecule has 1 atom stereocenters. The maximum absolute atomic E-state index is 12.2. The van der Waals surface area contributed by atoms with Crippen LogP contribution in [0, 0.1) is 5.92 Å². The van der Waals surface area contributed by atoms with Gasteiger partial charge in [0.05, 0.1) is 0 Å². The van der Waals surface area contributed by atoms with Gasteiger partial charge in [-0.1, -0.05) is 139 Å². The second-order valence-electron chi connectivity index (χ2n) is 7.95. The van der Waals surface area contributed by atoms with Crippen LogP contribution in [0.4, 0.5) is 0 Å². The van der Waals surface area contributed by atoms with E-state index in [1.807, 2.05) is 65.0 Å². The highest BCUT2D eigenvalue weighted by atomic mass is 16.1. The number of carbonyl (C=O) groups is 1. The van der Waals surface area contributed by atoms with Gasteiger partial charge in [-0.2, -0.15) is 0 Å². The lowest BCUT2D eigenvalue weighted by atomic mass is 10.0. The molecule has 1 unspecified atom stereocenters. The Hall–Kier alpha value is -3.33. The molecule has 3 rings (SSSR count). The van der Waals surface area contributed by atoms with E-state index in [-0.39, 0.29) is 11.8 Å². The summed E-state index contributed by atoms with van der Waals surface area (Å²) < 4.78 is 0. The SMILES string of the molecule is C=CNCc1cccc(CNC(=O)C(C)Cc2ccccc2)c1.CC.CC.CCCc1ccccc1. The summed E-state index contributed by atoms with van der Waals surface area (Å²) in [6.45, 7) is 17.1. The highest BCUT2D eigenvalue weighted by Crippen LogP contribution is 2.10. The lowest BCUT2D eigenvalue weighted by molar-refractivity contribution is -0.124. The fourth-order valence-electron chi connectivity index (χ4n) is 3.40. The largest absolute Gasteiger partial charge is 0.387 e. The summed E-state index contributed by atoms with van der Waals surface area (Å²) in [4.78, 5) is 12.2. The Kier molecular flexibility index (Phi) is 20.1. The van der Waals surface area contributed by atoms with Gasteiger partial charge in [0.25, 0.3) is 0 Å². The van der Waals surface area contributed by atoms with Crippen molar-refractivity contribution in [1.82, 2.24) is 10.6 Å². The smallest absolute Gasteiger partial charge is 0.223 e. The van der Waals surface area contributed by atoms with Crippen LogP contribution in [0.15, 0.2) is 97.7 Å². The number of hydrogen-bond acceptors (Lipinski definition) is 2. The molecule has 0 saturated carbocycles. The molecule has 0 aliphatic carbocycles. The van der Waals surface area contributed by atoms with Crippen molar-refractivity contribution in [2.45, 2.75) is 73.9 Å². The zero-order valence-electron chi connectivity index (χ0n) is 23.4. The molecular weight excluding hydrogens is 440 g/mol. The zero-order chi connectivity index (χ0) is 27.0. The predicted octanol–water partition coefficient (Wildman–Crippen LogP) is 8.11. The molecule has 36 heavy (non-hydrogen) atoms. The second-order valence-corrected chi connectivity index (χ2v) is 7.95. The molecule has 3 aromatic carbocycles. The molecule has 0 saturated heterocycles. The number of hydrogen-bond donors (Lipinski definition) is 2. The first-order valence-corrected chi connectivity index (χ1v) is 13.4. The van der Waals surface area contributed by atoms with E-state index in [9.17, 15) is 4.79 Å². The van der Waals surface area contributed by atoms with Crippen LogP contribution in [0.3, 0.4) is 0 Å². The van der Waals surface area contributed by atoms with Crippen molar-refractivity contribution in [2.24, 2.45) is 5.92 Å². The third-order valence-electron chi connectivity index (χ3n) is 5.12. The van der Waals surface area contributed by atoms with Crippen LogP contribution in [0.25, 0.3) is 0 Å². The summed E-state index contributed by atoms with van der Waals surface area (Å²) in [5.74, 6) is 0.0477. The van der Waals surface area contributed by atoms with Gasteiger partial charge >= 0.3 is 0 Å². The Bertz CT molecular complexity index is 923. The highest BCUT2D eigenvalue weighted by Gasteiger charge is 2.13. The van der Waals surface area contributed by atoms with Crippen LogP contribution in [-0.4, -0.2) is 5.91 Å². The average Bonchev–Trinajstić information content (AvgIpc) is 2.94. The summed E-state index contributed by atoms with van der Waals surface area (Å²) in [6, 6.07) is 28.9. The van der Waals surface area contributed by atoms with Gasteiger partial charge in [-0.25, -0.2) is 0 Å². The monoisotopic (exact) mass is 488 g/mol. The van der Waals surface area contributed by atoms with Crippen molar-refractivity contribution < 1.29 is 4.79 Å². The quantitative estimate of drug-likeness (QED) is 0.303. The lowest BCUT2D eigenvalue weighted by Gasteiger charge is -2.13. The number of benzene rings is 3. The van der Waals surface area contributed by atoms with Gasteiger partial charge in [0, 0.05) is 19.0 Å². The van der Waals surface area contributed by atoms with E-state index in [4.69, 9.17) is 0 Å². The van der Waals surface area contributed by atoms with Crippen molar-refractivity contribution in [3.05, 3.63) is 120 Å². The third-order valence-corrected chi connectivity index (χ3v) is 5.12. The summed E-state index contributed by atoms with van der Waals surface area (Å²) in [5, 5.41) is 6.10. The normalized spacial score (nSPS) is 10.1. The minimum absolute atomic E-state index is 0.0389. The molecule has 1 amide bonds. The zero-order valence-corrected chi connectivity index (χ0v) is 23.4. The van der Waals surface area contributed by atoms with Gasteiger partial charge in [0.15, 0.2) is 0 Å². The molecule has 0 spiro atoms. The van der Waals surface area contributed by atoms with E-state index < -0.39 is 0 Å². The van der Waals surface area contributed by atoms with E-state index in [0.29, 0.717) is 6.54 Å². The lowest BCUT2D eigenvalue weighted by Crippen LogP contribution is -2.29. The molecule has 2 N–H and O–H groups in total. The number of rotatable bonds is 10. The van der Waals surface area contributed by atoms with Crippen LogP contribution in [0.5, 0.6) is 0 Å². The Morgan fingerprint density at radius 1 is 0.778 bits per heavy atom. The van der Waals surface area contributed by atoms with Gasteiger partial charge in [0.2, 0.25) is 5.91 Å². The molecule has 0 fully saturated rings. The first kappa shape index (κ1) is 32.7. The fourth-order valence-corrected chi connectivity index (χ4v) is 3.40. The standard InChI is InChI=1S/C20H24N2O.C9H12.2C2H6/c1-3-21-14-18-10-7-11-19(13-18)15-22-20(23)16(2)12-17-8-5-4-6-9-17;1-2-6-9-7-4-3-5-8-9;2*1-2/h3-11,13,16,21H,1,12,14-15H2,2H3,(H,22,23);3-5,7-8H,2,6H2,1H3;2*1-2H3. The Morgan fingerprint density at radius 3 is 1.81 bits per heavy atom. The number of nitrogens with one attached hydrogen (secondary N) is 2. The van der Waals surface area contributed by atoms with Crippen molar-refractivity contribution >= 4 is 5.91 Å². The molecule has 3 aromatic rings. The van der Waals surface area contributed by atoms with E-state index in [1.165, 1.54) is 29.5 Å². The van der Waals surface area contributed by atoms with Gasteiger partial charge in [-0.15, -0.1) is 0 Å². The Labute approximate surface area is 221 Å². The first-order valence-electron chi connectivity index (χ1n) is 13.4. The minimum Gasteiger partial charge on any atom is -0.387 e. The maximum atomic E-state index is 12.2. The third kappa shape index (κ3) is 14.8. The van der Waals surface area contributed by atoms with Crippen LogP contribution in [0.2, 0.25) is 0 Å². The van der Waals surface area contributed by atoms with Crippen molar-refractivity contribution in [2.75, 3.05) is 0 Å².